The van der Waals surface area contributed by atoms with Crippen molar-refractivity contribution in [2.45, 2.75) is 6.42 Å². The number of aromatic nitrogens is 2. The zero-order chi connectivity index (χ0) is 18.3. The van der Waals surface area contributed by atoms with E-state index in [-0.39, 0.29) is 11.4 Å². The fraction of sp³-hybridized carbons (Fsp3) is 0.158. The first kappa shape index (κ1) is 16.5. The number of hydrogen-bond acceptors (Lipinski definition) is 5. The van der Waals surface area contributed by atoms with Gasteiger partial charge in [-0.3, -0.25) is 4.79 Å². The summed E-state index contributed by atoms with van der Waals surface area (Å²) in [5.74, 6) is 2.48. The molecular weight excluding hydrogens is 356 g/mol. The summed E-state index contributed by atoms with van der Waals surface area (Å²) in [6.07, 6.45) is 0.410. The maximum atomic E-state index is 12.6. The molecule has 1 aromatic heterocycles. The molecule has 0 amide bonds. The van der Waals surface area contributed by atoms with E-state index in [1.165, 1.54) is 0 Å². The van der Waals surface area contributed by atoms with Crippen molar-refractivity contribution in [2.24, 2.45) is 0 Å². The molecule has 0 radical (unpaired) electrons. The third-order valence-corrected chi connectivity index (χ3v) is 4.47. The van der Waals surface area contributed by atoms with Crippen LogP contribution in [0.25, 0.3) is 11.4 Å². The second-order valence-corrected chi connectivity index (χ2v) is 6.23. The number of H-pyrrole nitrogens is 1. The lowest BCUT2D eigenvalue weighted by Gasteiger charge is -2.19. The van der Waals surface area contributed by atoms with Gasteiger partial charge in [-0.15, -0.1) is 0 Å². The van der Waals surface area contributed by atoms with Crippen molar-refractivity contribution in [1.82, 2.24) is 9.97 Å². The predicted molar refractivity (Wildman–Crippen MR) is 97.7 cm³/mol. The number of rotatable bonds is 3. The van der Waals surface area contributed by atoms with Gasteiger partial charge in [-0.05, 0) is 30.3 Å². The molecule has 6 nitrogen and oxygen atoms in total. The molecule has 7 heteroatoms. The average Bonchev–Trinajstić information content (AvgIpc) is 2.66. The standard InChI is InChI=1S/C19H15ClN2O4/c1-24-12-4-5-13(16(9-12)25-2)17-21-18(23)14-8-10-7-11(20)3-6-15(10)26-19(14)22-17/h3-7,9H,8H2,1-2H3,(H,21,22,23). The van der Waals surface area contributed by atoms with Crippen molar-refractivity contribution in [3.63, 3.8) is 0 Å². The molecule has 132 valence electrons. The summed E-state index contributed by atoms with van der Waals surface area (Å²) in [6, 6.07) is 10.6. The molecule has 0 saturated carbocycles. The normalized spacial score (nSPS) is 12.0. The molecule has 0 fully saturated rings. The summed E-state index contributed by atoms with van der Waals surface area (Å²) < 4.78 is 16.4. The first-order chi connectivity index (χ1) is 12.6. The lowest BCUT2D eigenvalue weighted by atomic mass is 10.0. The van der Waals surface area contributed by atoms with Gasteiger partial charge in [0.15, 0.2) is 0 Å². The molecule has 0 bridgehead atoms. The Morgan fingerprint density at radius 1 is 1.15 bits per heavy atom. The van der Waals surface area contributed by atoms with Gasteiger partial charge < -0.3 is 19.2 Å². The summed E-state index contributed by atoms with van der Waals surface area (Å²) in [5, 5.41) is 0.597. The highest BCUT2D eigenvalue weighted by molar-refractivity contribution is 6.30. The molecule has 0 atom stereocenters. The number of nitrogens with zero attached hydrogens (tertiary/aromatic N) is 1. The van der Waals surface area contributed by atoms with E-state index in [0.717, 1.165) is 5.56 Å². The van der Waals surface area contributed by atoms with Crippen LogP contribution in [0.2, 0.25) is 5.02 Å². The topological polar surface area (TPSA) is 73.4 Å². The summed E-state index contributed by atoms with van der Waals surface area (Å²) in [7, 11) is 3.12. The van der Waals surface area contributed by atoms with Crippen LogP contribution in [0, 0.1) is 0 Å². The number of benzene rings is 2. The molecule has 0 spiro atoms. The molecule has 3 aromatic rings. The summed E-state index contributed by atoms with van der Waals surface area (Å²) in [5.41, 5.74) is 1.70. The van der Waals surface area contributed by atoms with Gasteiger partial charge in [-0.2, -0.15) is 4.98 Å². The Hall–Kier alpha value is -2.99. The van der Waals surface area contributed by atoms with Crippen molar-refractivity contribution in [3.8, 4) is 34.5 Å². The van der Waals surface area contributed by atoms with Crippen LogP contribution in [0.5, 0.6) is 23.1 Å². The van der Waals surface area contributed by atoms with Gasteiger partial charge in [0.2, 0.25) is 5.88 Å². The Morgan fingerprint density at radius 3 is 2.77 bits per heavy atom. The van der Waals surface area contributed by atoms with Crippen LogP contribution < -0.4 is 19.8 Å². The smallest absolute Gasteiger partial charge is 0.258 e. The lowest BCUT2D eigenvalue weighted by molar-refractivity contribution is 0.395. The molecule has 1 N–H and O–H groups in total. The third-order valence-electron chi connectivity index (χ3n) is 4.24. The van der Waals surface area contributed by atoms with Crippen LogP contribution in [-0.4, -0.2) is 24.2 Å². The molecule has 0 saturated heterocycles. The number of fused-ring (bicyclic) bond motifs is 2. The maximum absolute atomic E-state index is 12.6. The molecule has 0 unspecified atom stereocenters. The third kappa shape index (κ3) is 2.78. The Balaban J connectivity index is 1.81. The lowest BCUT2D eigenvalue weighted by Crippen LogP contribution is -2.20. The Kier molecular flexibility index (Phi) is 4.05. The van der Waals surface area contributed by atoms with Crippen LogP contribution in [-0.2, 0) is 6.42 Å². The average molecular weight is 371 g/mol. The highest BCUT2D eigenvalue weighted by Crippen LogP contribution is 2.37. The fourth-order valence-corrected chi connectivity index (χ4v) is 3.11. The first-order valence-corrected chi connectivity index (χ1v) is 8.28. The summed E-state index contributed by atoms with van der Waals surface area (Å²) in [6.45, 7) is 0. The largest absolute Gasteiger partial charge is 0.497 e. The quantitative estimate of drug-likeness (QED) is 0.593. The number of halogens is 1. The SMILES string of the molecule is COc1ccc(-c2nc3c(c(=O)[nH]2)Cc2cc(Cl)ccc2O3)c(OC)c1. The van der Waals surface area contributed by atoms with Crippen LogP contribution in [0.4, 0.5) is 0 Å². The number of nitrogens with one attached hydrogen (secondary N) is 1. The van der Waals surface area contributed by atoms with Crippen LogP contribution in [0.15, 0.2) is 41.2 Å². The zero-order valence-electron chi connectivity index (χ0n) is 14.1. The maximum Gasteiger partial charge on any atom is 0.258 e. The molecule has 1 aliphatic heterocycles. The van der Waals surface area contributed by atoms with E-state index in [4.69, 9.17) is 25.8 Å². The van der Waals surface area contributed by atoms with Crippen molar-refractivity contribution in [3.05, 3.63) is 62.9 Å². The summed E-state index contributed by atoms with van der Waals surface area (Å²) >= 11 is 6.03. The van der Waals surface area contributed by atoms with E-state index in [0.29, 0.717) is 45.6 Å². The van der Waals surface area contributed by atoms with Gasteiger partial charge in [-0.1, -0.05) is 11.6 Å². The number of methoxy groups -OCH3 is 2. The Labute approximate surface area is 154 Å². The zero-order valence-corrected chi connectivity index (χ0v) is 14.9. The summed E-state index contributed by atoms with van der Waals surface area (Å²) in [4.78, 5) is 19.9. The molecule has 1 aliphatic rings. The minimum Gasteiger partial charge on any atom is -0.497 e. The van der Waals surface area contributed by atoms with Crippen LogP contribution in [0.3, 0.4) is 0 Å². The number of ether oxygens (including phenoxy) is 3. The Bertz CT molecular complexity index is 1060. The Morgan fingerprint density at radius 2 is 2.00 bits per heavy atom. The van der Waals surface area contributed by atoms with Crippen LogP contribution >= 0.6 is 11.6 Å². The van der Waals surface area contributed by atoms with E-state index in [1.807, 2.05) is 0 Å². The number of hydrogen-bond donors (Lipinski definition) is 1. The minimum absolute atomic E-state index is 0.256. The van der Waals surface area contributed by atoms with E-state index in [9.17, 15) is 4.79 Å². The van der Waals surface area contributed by atoms with Gasteiger partial charge in [0.25, 0.3) is 5.56 Å². The van der Waals surface area contributed by atoms with Gasteiger partial charge in [0.1, 0.15) is 23.1 Å². The molecule has 2 heterocycles. The monoisotopic (exact) mass is 370 g/mol. The second-order valence-electron chi connectivity index (χ2n) is 5.80. The predicted octanol–water partition coefficient (Wildman–Crippen LogP) is 3.80. The van der Waals surface area contributed by atoms with E-state index >= 15 is 0 Å². The van der Waals surface area contributed by atoms with Crippen molar-refractivity contribution in [2.75, 3.05) is 14.2 Å². The molecule has 2 aromatic carbocycles. The van der Waals surface area contributed by atoms with Crippen LogP contribution in [0.1, 0.15) is 11.1 Å². The van der Waals surface area contributed by atoms with Gasteiger partial charge in [-0.25, -0.2) is 0 Å². The highest BCUT2D eigenvalue weighted by atomic mass is 35.5. The van der Waals surface area contributed by atoms with Crippen molar-refractivity contribution < 1.29 is 14.2 Å². The molecule has 4 rings (SSSR count). The fourth-order valence-electron chi connectivity index (χ4n) is 2.92. The van der Waals surface area contributed by atoms with Crippen molar-refractivity contribution >= 4 is 11.6 Å². The van der Waals surface area contributed by atoms with E-state index < -0.39 is 0 Å². The molecule has 26 heavy (non-hydrogen) atoms. The van der Waals surface area contributed by atoms with Crippen molar-refractivity contribution in [1.29, 1.82) is 0 Å². The minimum atomic E-state index is -0.256. The van der Waals surface area contributed by atoms with E-state index in [2.05, 4.69) is 9.97 Å². The molecular formula is C19H15ClN2O4. The molecule has 0 aliphatic carbocycles. The highest BCUT2D eigenvalue weighted by Gasteiger charge is 2.23. The number of aromatic amines is 1. The van der Waals surface area contributed by atoms with Gasteiger partial charge >= 0.3 is 0 Å². The van der Waals surface area contributed by atoms with Gasteiger partial charge in [0.05, 0.1) is 25.3 Å². The first-order valence-electron chi connectivity index (χ1n) is 7.91. The van der Waals surface area contributed by atoms with Gasteiger partial charge in [0, 0.05) is 23.1 Å². The van der Waals surface area contributed by atoms with E-state index in [1.54, 1.807) is 50.6 Å². The second kappa shape index (κ2) is 6.38.